The van der Waals surface area contributed by atoms with Gasteiger partial charge in [0.05, 0.1) is 6.61 Å². The van der Waals surface area contributed by atoms with Gasteiger partial charge in [0.1, 0.15) is 11.2 Å². The Morgan fingerprint density at radius 1 is 1.50 bits per heavy atom. The molecule has 1 saturated heterocycles. The Balaban J connectivity index is 2.46. The van der Waals surface area contributed by atoms with E-state index in [9.17, 15) is 14.7 Å². The molecule has 1 aliphatic carbocycles. The zero-order chi connectivity index (χ0) is 16.5. The first-order valence-electron chi connectivity index (χ1n) is 7.38. The van der Waals surface area contributed by atoms with Gasteiger partial charge in [0.25, 0.3) is 0 Å². The summed E-state index contributed by atoms with van der Waals surface area (Å²) in [7, 11) is 0. The van der Waals surface area contributed by atoms with Gasteiger partial charge < -0.3 is 14.9 Å². The molecule has 3 atom stereocenters. The topological polar surface area (TPSA) is 83.8 Å². The van der Waals surface area contributed by atoms with Crippen LogP contribution in [-0.2, 0) is 14.3 Å². The Labute approximate surface area is 130 Å². The molecule has 0 spiro atoms. The van der Waals surface area contributed by atoms with Gasteiger partial charge in [0.15, 0.2) is 5.78 Å². The smallest absolute Gasteiger partial charge is 0.328 e. The molecule has 1 heterocycles. The van der Waals surface area contributed by atoms with Crippen molar-refractivity contribution in [2.45, 2.75) is 44.8 Å². The highest BCUT2D eigenvalue weighted by Gasteiger charge is 2.54. The Morgan fingerprint density at radius 3 is 2.82 bits per heavy atom. The first-order chi connectivity index (χ1) is 10.2. The number of ether oxygens (including phenoxy) is 1. The monoisotopic (exact) mass is 306 g/mol. The number of fused-ring (bicyclic) bond motifs is 3. The summed E-state index contributed by atoms with van der Waals surface area (Å²) >= 11 is 0. The lowest BCUT2D eigenvalue weighted by atomic mass is 9.72. The van der Waals surface area contributed by atoms with Gasteiger partial charge in [-0.2, -0.15) is 0 Å². The second-order valence-corrected chi connectivity index (χ2v) is 6.30. The molecule has 2 N–H and O–H groups in total. The van der Waals surface area contributed by atoms with Gasteiger partial charge in [-0.1, -0.05) is 18.6 Å². The number of aliphatic carboxylic acids is 1. The molecule has 0 aromatic rings. The van der Waals surface area contributed by atoms with Gasteiger partial charge in [0.2, 0.25) is 0 Å². The summed E-state index contributed by atoms with van der Waals surface area (Å²) in [5, 5.41) is 20.0. The summed E-state index contributed by atoms with van der Waals surface area (Å²) in [6.07, 6.45) is 6.55. The number of carbonyl (C=O) groups is 2. The van der Waals surface area contributed by atoms with Crippen molar-refractivity contribution in [2.24, 2.45) is 5.92 Å². The number of hydrogen-bond donors (Lipinski definition) is 2. The fourth-order valence-electron chi connectivity index (χ4n) is 3.27. The van der Waals surface area contributed by atoms with E-state index in [1.165, 1.54) is 0 Å². The number of carboxylic acids is 1. The van der Waals surface area contributed by atoms with Crippen molar-refractivity contribution in [2.75, 3.05) is 6.61 Å². The standard InChI is InChI=1S/C17H22O5/c1-11(8-15(19)20)4-6-17(21)12(2)13-5-7-22-16(17,3)10-14(18)9-13/h4,6,8-9,12,21H,5,7,10H2,1-3H3,(H,19,20). The Hall–Kier alpha value is -1.72. The van der Waals surface area contributed by atoms with Crippen molar-refractivity contribution in [3.05, 3.63) is 35.5 Å². The second-order valence-electron chi connectivity index (χ2n) is 6.30. The van der Waals surface area contributed by atoms with E-state index in [4.69, 9.17) is 9.84 Å². The third-order valence-corrected chi connectivity index (χ3v) is 4.68. The van der Waals surface area contributed by atoms with E-state index in [1.54, 1.807) is 32.1 Å². The molecule has 120 valence electrons. The Bertz CT molecular complexity index is 586. The van der Waals surface area contributed by atoms with Gasteiger partial charge in [-0.15, -0.1) is 0 Å². The van der Waals surface area contributed by atoms with Gasteiger partial charge in [-0.3, -0.25) is 4.79 Å². The number of carboxylic acid groups (broad SMARTS) is 1. The normalized spacial score (nSPS) is 36.2. The molecule has 5 nitrogen and oxygen atoms in total. The maximum atomic E-state index is 12.0. The minimum Gasteiger partial charge on any atom is -0.478 e. The minimum absolute atomic E-state index is 0.0498. The number of carbonyl (C=O) groups excluding carboxylic acids is 1. The van der Waals surface area contributed by atoms with E-state index in [2.05, 4.69) is 0 Å². The lowest BCUT2D eigenvalue weighted by Crippen LogP contribution is -2.56. The van der Waals surface area contributed by atoms with Crippen LogP contribution in [0.15, 0.2) is 35.5 Å². The number of aliphatic hydroxyl groups is 1. The van der Waals surface area contributed by atoms with Crippen molar-refractivity contribution in [3.63, 3.8) is 0 Å². The SMILES string of the molecule is CC(C=CC1(O)C(C)C2=CC(=O)CC1(C)OCC2)=CC(=O)O. The van der Waals surface area contributed by atoms with Crippen molar-refractivity contribution in [1.29, 1.82) is 0 Å². The zero-order valence-corrected chi connectivity index (χ0v) is 13.1. The molecular weight excluding hydrogens is 284 g/mol. The molecule has 0 aromatic heterocycles. The lowest BCUT2D eigenvalue weighted by Gasteiger charge is -2.43. The third kappa shape index (κ3) is 2.91. The van der Waals surface area contributed by atoms with Crippen LogP contribution in [-0.4, -0.2) is 39.8 Å². The summed E-state index contributed by atoms with van der Waals surface area (Å²) in [5.41, 5.74) is -1.01. The van der Waals surface area contributed by atoms with Crippen molar-refractivity contribution in [1.82, 2.24) is 0 Å². The molecule has 0 saturated carbocycles. The molecule has 2 rings (SSSR count). The quantitative estimate of drug-likeness (QED) is 0.615. The van der Waals surface area contributed by atoms with Crippen molar-refractivity contribution < 1.29 is 24.5 Å². The molecule has 1 aliphatic heterocycles. The summed E-state index contributed by atoms with van der Waals surface area (Å²) in [4.78, 5) is 22.7. The zero-order valence-electron chi connectivity index (χ0n) is 13.1. The summed E-state index contributed by atoms with van der Waals surface area (Å²) in [5.74, 6) is -1.37. The van der Waals surface area contributed by atoms with Crippen LogP contribution in [0.4, 0.5) is 0 Å². The summed E-state index contributed by atoms with van der Waals surface area (Å²) in [6.45, 7) is 5.72. The Kier molecular flexibility index (Phi) is 4.40. The molecule has 0 radical (unpaired) electrons. The van der Waals surface area contributed by atoms with E-state index < -0.39 is 17.2 Å². The fourth-order valence-corrected chi connectivity index (χ4v) is 3.27. The summed E-state index contributed by atoms with van der Waals surface area (Å²) < 4.78 is 5.83. The van der Waals surface area contributed by atoms with E-state index in [0.29, 0.717) is 18.6 Å². The highest BCUT2D eigenvalue weighted by molar-refractivity contribution is 5.92. The molecular formula is C17H22O5. The molecule has 22 heavy (non-hydrogen) atoms. The molecule has 1 fully saturated rings. The highest BCUT2D eigenvalue weighted by Crippen LogP contribution is 2.46. The van der Waals surface area contributed by atoms with Crippen LogP contribution in [0.1, 0.15) is 33.6 Å². The number of ketones is 1. The van der Waals surface area contributed by atoms with Crippen LogP contribution < -0.4 is 0 Å². The first-order valence-corrected chi connectivity index (χ1v) is 7.38. The van der Waals surface area contributed by atoms with E-state index in [-0.39, 0.29) is 18.1 Å². The Morgan fingerprint density at radius 2 is 2.18 bits per heavy atom. The lowest BCUT2D eigenvalue weighted by molar-refractivity contribution is -0.163. The molecule has 2 bridgehead atoms. The average Bonchev–Trinajstić information content (AvgIpc) is 2.51. The van der Waals surface area contributed by atoms with Crippen LogP contribution in [0.25, 0.3) is 0 Å². The van der Waals surface area contributed by atoms with Crippen LogP contribution >= 0.6 is 0 Å². The van der Waals surface area contributed by atoms with Gasteiger partial charge >= 0.3 is 5.97 Å². The van der Waals surface area contributed by atoms with Gasteiger partial charge in [0, 0.05) is 18.4 Å². The van der Waals surface area contributed by atoms with Crippen LogP contribution in [0.5, 0.6) is 0 Å². The second kappa shape index (κ2) is 5.82. The molecule has 3 unspecified atom stereocenters. The van der Waals surface area contributed by atoms with E-state index in [0.717, 1.165) is 11.6 Å². The molecule has 0 amide bonds. The fraction of sp³-hybridized carbons (Fsp3) is 0.529. The van der Waals surface area contributed by atoms with Crippen LogP contribution in [0, 0.1) is 5.92 Å². The maximum absolute atomic E-state index is 12.0. The predicted octanol–water partition coefficient (Wildman–Crippen LogP) is 2.02. The number of rotatable bonds is 3. The molecule has 5 heteroatoms. The van der Waals surface area contributed by atoms with E-state index >= 15 is 0 Å². The number of allylic oxidation sites excluding steroid dienone is 3. The average molecular weight is 306 g/mol. The van der Waals surface area contributed by atoms with Crippen molar-refractivity contribution >= 4 is 11.8 Å². The predicted molar refractivity (Wildman–Crippen MR) is 81.3 cm³/mol. The third-order valence-electron chi connectivity index (χ3n) is 4.68. The summed E-state index contributed by atoms with van der Waals surface area (Å²) in [6, 6.07) is 0. The van der Waals surface area contributed by atoms with Crippen LogP contribution in [0.2, 0.25) is 0 Å². The van der Waals surface area contributed by atoms with Crippen LogP contribution in [0.3, 0.4) is 0 Å². The largest absolute Gasteiger partial charge is 0.478 e. The maximum Gasteiger partial charge on any atom is 0.328 e. The van der Waals surface area contributed by atoms with Gasteiger partial charge in [-0.25, -0.2) is 4.79 Å². The number of hydrogen-bond acceptors (Lipinski definition) is 4. The first kappa shape index (κ1) is 16.6. The highest BCUT2D eigenvalue weighted by atomic mass is 16.5. The minimum atomic E-state index is -1.37. The van der Waals surface area contributed by atoms with Gasteiger partial charge in [-0.05, 0) is 38.0 Å². The van der Waals surface area contributed by atoms with Crippen molar-refractivity contribution in [3.8, 4) is 0 Å². The van der Waals surface area contributed by atoms with E-state index in [1.807, 2.05) is 6.92 Å². The molecule has 2 aliphatic rings. The molecule has 0 aromatic carbocycles.